The molecule has 2 aromatic carbocycles. The molecule has 6 unspecified atom stereocenters. The van der Waals surface area contributed by atoms with Gasteiger partial charge >= 0.3 is 0 Å². The molecule has 5 rings (SSSR count). The molecule has 0 spiro atoms. The maximum Gasteiger partial charge on any atom is 0.235 e. The number of nitrogens with two attached hydrogens (primary N) is 1. The van der Waals surface area contributed by atoms with Gasteiger partial charge in [0.05, 0.1) is 17.5 Å². The van der Waals surface area contributed by atoms with Gasteiger partial charge in [0.15, 0.2) is 40.4 Å². The highest BCUT2D eigenvalue weighted by atomic mass is 16.3. The summed E-state index contributed by atoms with van der Waals surface area (Å²) in [5, 5.41) is 23.3. The lowest BCUT2D eigenvalue weighted by atomic mass is 9.52. The van der Waals surface area contributed by atoms with Crippen molar-refractivity contribution in [2.45, 2.75) is 31.4 Å². The highest BCUT2D eigenvalue weighted by Gasteiger charge is 2.69. The van der Waals surface area contributed by atoms with Crippen molar-refractivity contribution in [3.8, 4) is 16.9 Å². The van der Waals surface area contributed by atoms with Gasteiger partial charge in [0.1, 0.15) is 5.75 Å². The maximum atomic E-state index is 14.2. The molecule has 6 atom stereocenters. The molecular formula is C31H33N3O8. The number of amides is 1. The molecule has 42 heavy (non-hydrogen) atoms. The lowest BCUT2D eigenvalue weighted by Crippen LogP contribution is -2.74. The molecule has 0 bridgehead atoms. The van der Waals surface area contributed by atoms with Crippen molar-refractivity contribution in [3.63, 3.8) is 0 Å². The Balaban J connectivity index is 1.69. The Hall–Kier alpha value is -4.22. The zero-order valence-corrected chi connectivity index (χ0v) is 24.0. The highest BCUT2D eigenvalue weighted by molar-refractivity contribution is 6.32. The number of primary amides is 1. The number of benzene rings is 2. The van der Waals surface area contributed by atoms with E-state index < -0.39 is 64.4 Å². The molecule has 11 nitrogen and oxygen atoms in total. The van der Waals surface area contributed by atoms with E-state index in [1.54, 1.807) is 63.4 Å². The second-order valence-electron chi connectivity index (χ2n) is 12.0. The molecule has 4 N–H and O–H groups in total. The Kier molecular flexibility index (Phi) is 6.94. The number of fused-ring (bicyclic) bond motifs is 3. The molecule has 0 saturated heterocycles. The number of carbonyl (C=O) groups excluding carboxylic acids is 6. The van der Waals surface area contributed by atoms with Crippen molar-refractivity contribution in [2.24, 2.45) is 29.4 Å². The summed E-state index contributed by atoms with van der Waals surface area (Å²) in [5.74, 6) is -11.2. The molecule has 0 aromatic heterocycles. The summed E-state index contributed by atoms with van der Waals surface area (Å²) in [6, 6.07) is 7.13. The van der Waals surface area contributed by atoms with Gasteiger partial charge < -0.3 is 20.8 Å². The molecule has 2 fully saturated rings. The Morgan fingerprint density at radius 3 is 2.26 bits per heavy atom. The van der Waals surface area contributed by atoms with Crippen LogP contribution in [0.1, 0.15) is 39.6 Å². The SMILES string of the molecule is CC(=O)c1cccc(-c2cc(N(C)C)c3c(c2O)C(=O)C2C(=O)C4(O)C(=O)C(C(N)=O)C(=O)C(N(C)C)C4CC2C3)c1. The maximum absolute atomic E-state index is 14.2. The molecule has 0 heterocycles. The summed E-state index contributed by atoms with van der Waals surface area (Å²) in [6.07, 6.45) is 0.126. The fourth-order valence-corrected chi connectivity index (χ4v) is 7.18. The van der Waals surface area contributed by atoms with Gasteiger partial charge in [-0.3, -0.25) is 33.7 Å². The molecule has 3 aliphatic carbocycles. The minimum atomic E-state index is -2.79. The summed E-state index contributed by atoms with van der Waals surface area (Å²) in [6.45, 7) is 1.41. The average molecular weight is 576 g/mol. The van der Waals surface area contributed by atoms with E-state index in [0.29, 0.717) is 22.4 Å². The Morgan fingerprint density at radius 2 is 1.69 bits per heavy atom. The number of aliphatic hydroxyl groups is 1. The van der Waals surface area contributed by atoms with Crippen molar-refractivity contribution in [1.82, 2.24) is 4.90 Å². The van der Waals surface area contributed by atoms with Crippen molar-refractivity contribution in [3.05, 3.63) is 47.0 Å². The summed E-state index contributed by atoms with van der Waals surface area (Å²) in [4.78, 5) is 82.4. The quantitative estimate of drug-likeness (QED) is 0.342. The first-order valence-electron chi connectivity index (χ1n) is 13.6. The van der Waals surface area contributed by atoms with Crippen LogP contribution in [0.2, 0.25) is 0 Å². The van der Waals surface area contributed by atoms with E-state index >= 15 is 0 Å². The van der Waals surface area contributed by atoms with Crippen LogP contribution in [0.15, 0.2) is 30.3 Å². The van der Waals surface area contributed by atoms with Crippen molar-refractivity contribution >= 4 is 40.5 Å². The fourth-order valence-electron chi connectivity index (χ4n) is 7.18. The molecule has 2 saturated carbocycles. The van der Waals surface area contributed by atoms with Gasteiger partial charge in [-0.1, -0.05) is 18.2 Å². The van der Waals surface area contributed by atoms with E-state index in [2.05, 4.69) is 0 Å². The third-order valence-corrected chi connectivity index (χ3v) is 9.10. The Bertz CT molecular complexity index is 1590. The third kappa shape index (κ3) is 4.02. The molecule has 0 radical (unpaired) electrons. The number of aromatic hydroxyl groups is 1. The fraction of sp³-hybridized carbons (Fsp3) is 0.419. The predicted octanol–water partition coefficient (Wildman–Crippen LogP) is 0.803. The number of likely N-dealkylation sites (N-methyl/N-ethyl adjacent to an activating group) is 1. The van der Waals surface area contributed by atoms with E-state index in [1.165, 1.54) is 11.8 Å². The van der Waals surface area contributed by atoms with Crippen LogP contribution in [0.3, 0.4) is 0 Å². The van der Waals surface area contributed by atoms with Gasteiger partial charge in [0.25, 0.3) is 0 Å². The van der Waals surface area contributed by atoms with Crippen LogP contribution in [0.5, 0.6) is 5.75 Å². The van der Waals surface area contributed by atoms with E-state index in [4.69, 9.17) is 5.73 Å². The number of ketones is 5. The number of rotatable bonds is 5. The lowest BCUT2D eigenvalue weighted by Gasteiger charge is -2.52. The average Bonchev–Trinajstić information content (AvgIpc) is 2.90. The second kappa shape index (κ2) is 9.95. The first-order valence-corrected chi connectivity index (χ1v) is 13.6. The number of hydrogen-bond donors (Lipinski definition) is 3. The zero-order chi connectivity index (χ0) is 31.0. The molecule has 1 amide bonds. The smallest absolute Gasteiger partial charge is 0.235 e. The minimum Gasteiger partial charge on any atom is -0.507 e. The minimum absolute atomic E-state index is 0.0278. The number of carbonyl (C=O) groups is 6. The number of phenols is 1. The highest BCUT2D eigenvalue weighted by Crippen LogP contribution is 2.53. The summed E-state index contributed by atoms with van der Waals surface area (Å²) in [5.41, 5.74) is 4.76. The van der Waals surface area contributed by atoms with Crippen molar-refractivity contribution < 1.29 is 39.0 Å². The summed E-state index contributed by atoms with van der Waals surface area (Å²) >= 11 is 0. The molecule has 11 heteroatoms. The van der Waals surface area contributed by atoms with Gasteiger partial charge in [-0.25, -0.2) is 0 Å². The first kappa shape index (κ1) is 29.3. The molecule has 3 aliphatic rings. The molecular weight excluding hydrogens is 542 g/mol. The van der Waals surface area contributed by atoms with Gasteiger partial charge in [0, 0.05) is 36.8 Å². The lowest BCUT2D eigenvalue weighted by molar-refractivity contribution is -0.181. The van der Waals surface area contributed by atoms with Gasteiger partial charge in [-0.2, -0.15) is 0 Å². The van der Waals surface area contributed by atoms with E-state index in [-0.39, 0.29) is 35.5 Å². The van der Waals surface area contributed by atoms with Crippen molar-refractivity contribution in [2.75, 3.05) is 33.1 Å². The second-order valence-corrected chi connectivity index (χ2v) is 12.0. The normalized spacial score (nSPS) is 28.7. The van der Waals surface area contributed by atoms with Crippen LogP contribution < -0.4 is 10.6 Å². The first-order chi connectivity index (χ1) is 19.6. The van der Waals surface area contributed by atoms with E-state index in [1.807, 2.05) is 0 Å². The van der Waals surface area contributed by atoms with Crippen LogP contribution in [-0.4, -0.2) is 89.8 Å². The summed E-state index contributed by atoms with van der Waals surface area (Å²) < 4.78 is 0. The zero-order valence-electron chi connectivity index (χ0n) is 24.0. The van der Waals surface area contributed by atoms with Gasteiger partial charge in [-0.05, 0) is 63.0 Å². The van der Waals surface area contributed by atoms with Crippen LogP contribution in [0.25, 0.3) is 11.1 Å². The van der Waals surface area contributed by atoms with Crippen molar-refractivity contribution in [1.29, 1.82) is 0 Å². The number of hydrogen-bond acceptors (Lipinski definition) is 10. The third-order valence-electron chi connectivity index (χ3n) is 9.10. The Morgan fingerprint density at radius 1 is 1.02 bits per heavy atom. The predicted molar refractivity (Wildman–Crippen MR) is 151 cm³/mol. The monoisotopic (exact) mass is 575 g/mol. The van der Waals surface area contributed by atoms with Crippen LogP contribution >= 0.6 is 0 Å². The van der Waals surface area contributed by atoms with Crippen LogP contribution in [-0.2, 0) is 25.6 Å². The Labute approximate surface area is 242 Å². The molecule has 0 aliphatic heterocycles. The number of anilines is 1. The van der Waals surface area contributed by atoms with Gasteiger partial charge in [0.2, 0.25) is 5.91 Å². The largest absolute Gasteiger partial charge is 0.507 e. The molecule has 2 aromatic rings. The van der Waals surface area contributed by atoms with Crippen LogP contribution in [0, 0.1) is 23.7 Å². The van der Waals surface area contributed by atoms with E-state index in [9.17, 15) is 39.0 Å². The molecule has 220 valence electrons. The standard InChI is InChI=1S/C31H33N3O8/c1-13(35)14-7-6-8-15(9-14)17-12-20(33(2)3)18-10-16-11-19-24(34(4)5)27(38)23(30(32)41)29(40)31(19,42)28(39)21(16)26(37)22(18)25(17)36/h6-9,12,16,19,21,23-24,36,42H,10-11H2,1-5H3,(H2,32,41). The number of nitrogens with zero attached hydrogens (tertiary/aromatic N) is 2. The topological polar surface area (TPSA) is 175 Å². The summed E-state index contributed by atoms with van der Waals surface area (Å²) in [7, 11) is 6.63. The van der Waals surface area contributed by atoms with Crippen LogP contribution in [0.4, 0.5) is 5.69 Å². The number of phenolic OH excluding ortho intramolecular Hbond substituents is 1. The van der Waals surface area contributed by atoms with E-state index in [0.717, 1.165) is 0 Å². The number of Topliss-reactive ketones (excluding diaryl/α,β-unsaturated/α-hetero) is 5. The van der Waals surface area contributed by atoms with Gasteiger partial charge in [-0.15, -0.1) is 0 Å².